The molecule has 0 aliphatic carbocycles. The molecule has 1 heterocycles. The van der Waals surface area contributed by atoms with Gasteiger partial charge in [-0.15, -0.1) is 0 Å². The summed E-state index contributed by atoms with van der Waals surface area (Å²) in [4.78, 5) is 3.84. The Bertz CT molecular complexity index is 635. The molecule has 0 fully saturated rings. The molecule has 0 amide bonds. The van der Waals surface area contributed by atoms with Gasteiger partial charge in [0.1, 0.15) is 29.9 Å². The molecule has 23 heavy (non-hydrogen) atoms. The number of benzene rings is 1. The van der Waals surface area contributed by atoms with Crippen molar-refractivity contribution in [3.8, 4) is 0 Å². The number of rotatable bonds is 7. The van der Waals surface area contributed by atoms with Gasteiger partial charge in [-0.25, -0.2) is 18.4 Å². The van der Waals surface area contributed by atoms with Crippen molar-refractivity contribution in [2.24, 2.45) is 0 Å². The number of aliphatic hydroxyl groups is 1. The maximum atomic E-state index is 14.3. The lowest BCUT2D eigenvalue weighted by Gasteiger charge is -2.36. The summed E-state index contributed by atoms with van der Waals surface area (Å²) in [5, 5.41) is 18.5. The van der Waals surface area contributed by atoms with Crippen molar-refractivity contribution in [1.29, 1.82) is 0 Å². The maximum Gasteiger partial charge on any atom is 0.137 e. The van der Waals surface area contributed by atoms with Crippen molar-refractivity contribution < 1.29 is 13.9 Å². The second kappa shape index (κ2) is 7.14. The quantitative estimate of drug-likeness (QED) is 0.820. The van der Waals surface area contributed by atoms with Crippen LogP contribution in [0.4, 0.5) is 8.78 Å². The Labute approximate surface area is 134 Å². The molecule has 0 saturated heterocycles. The van der Waals surface area contributed by atoms with E-state index in [2.05, 4.69) is 15.4 Å². The summed E-state index contributed by atoms with van der Waals surface area (Å²) in [6.07, 6.45) is 3.65. The van der Waals surface area contributed by atoms with Crippen LogP contribution >= 0.6 is 0 Å². The summed E-state index contributed by atoms with van der Waals surface area (Å²) in [5.41, 5.74) is -1.58. The molecule has 7 heteroatoms. The summed E-state index contributed by atoms with van der Waals surface area (Å²) in [7, 11) is 0. The van der Waals surface area contributed by atoms with Gasteiger partial charge in [0.15, 0.2) is 0 Å². The summed E-state index contributed by atoms with van der Waals surface area (Å²) in [5.74, 6) is -1.47. The third kappa shape index (κ3) is 3.92. The fourth-order valence-corrected chi connectivity index (χ4v) is 2.54. The van der Waals surface area contributed by atoms with Gasteiger partial charge in [0.25, 0.3) is 0 Å². The first-order valence-electron chi connectivity index (χ1n) is 7.63. The summed E-state index contributed by atoms with van der Waals surface area (Å²) in [6, 6.07) is 2.84. The fraction of sp³-hybridized carbons (Fsp3) is 0.500. The molecule has 2 rings (SSSR count). The van der Waals surface area contributed by atoms with Gasteiger partial charge in [-0.05, 0) is 26.3 Å². The van der Waals surface area contributed by atoms with Gasteiger partial charge in [0.2, 0.25) is 0 Å². The van der Waals surface area contributed by atoms with E-state index in [0.717, 1.165) is 18.6 Å². The van der Waals surface area contributed by atoms with Crippen LogP contribution in [0.5, 0.6) is 0 Å². The van der Waals surface area contributed by atoms with Crippen molar-refractivity contribution >= 4 is 0 Å². The van der Waals surface area contributed by atoms with Gasteiger partial charge in [-0.3, -0.25) is 0 Å². The van der Waals surface area contributed by atoms with Gasteiger partial charge in [-0.2, -0.15) is 5.10 Å². The number of nitrogens with one attached hydrogen (secondary N) is 1. The van der Waals surface area contributed by atoms with Crippen molar-refractivity contribution in [3.05, 3.63) is 48.1 Å². The molecule has 2 N–H and O–H groups in total. The molecule has 1 aromatic carbocycles. The zero-order valence-electron chi connectivity index (χ0n) is 13.5. The molecule has 0 aliphatic rings. The number of halogens is 2. The van der Waals surface area contributed by atoms with E-state index in [1.165, 1.54) is 23.4 Å². The number of aromatic nitrogens is 3. The van der Waals surface area contributed by atoms with Gasteiger partial charge < -0.3 is 10.4 Å². The second-order valence-corrected chi connectivity index (χ2v) is 5.84. The SMILES string of the molecule is CCC(C)NC(C)C(O)(Cn1cncn1)c1ccc(F)cc1F. The Morgan fingerprint density at radius 1 is 1.35 bits per heavy atom. The highest BCUT2D eigenvalue weighted by Crippen LogP contribution is 2.30. The summed E-state index contributed by atoms with van der Waals surface area (Å²) >= 11 is 0. The van der Waals surface area contributed by atoms with E-state index in [4.69, 9.17) is 0 Å². The average Bonchev–Trinajstić information content (AvgIpc) is 2.99. The first-order chi connectivity index (χ1) is 10.9. The normalized spacial score (nSPS) is 16.8. The molecule has 0 bridgehead atoms. The van der Waals surface area contributed by atoms with Crippen LogP contribution in [0.25, 0.3) is 0 Å². The largest absolute Gasteiger partial charge is 0.381 e. The van der Waals surface area contributed by atoms with Crippen LogP contribution in [0, 0.1) is 11.6 Å². The standard InChI is InChI=1S/C16H22F2N4O/c1-4-11(2)21-12(3)16(23,8-22-10-19-9-20-22)14-6-5-13(17)7-15(14)18/h5-7,9-12,21,23H,4,8H2,1-3H3. The van der Waals surface area contributed by atoms with Crippen LogP contribution in [-0.4, -0.2) is 32.0 Å². The smallest absolute Gasteiger partial charge is 0.137 e. The van der Waals surface area contributed by atoms with E-state index in [-0.39, 0.29) is 18.2 Å². The molecule has 0 radical (unpaired) electrons. The Morgan fingerprint density at radius 2 is 2.09 bits per heavy atom. The molecular weight excluding hydrogens is 302 g/mol. The predicted octanol–water partition coefficient (Wildman–Crippen LogP) is 2.22. The minimum absolute atomic E-state index is 0.000152. The van der Waals surface area contributed by atoms with E-state index in [9.17, 15) is 13.9 Å². The molecule has 0 saturated carbocycles. The van der Waals surface area contributed by atoms with Crippen LogP contribution in [0.15, 0.2) is 30.9 Å². The van der Waals surface area contributed by atoms with Gasteiger partial charge in [0, 0.05) is 23.7 Å². The lowest BCUT2D eigenvalue weighted by molar-refractivity contribution is -0.0229. The van der Waals surface area contributed by atoms with Gasteiger partial charge >= 0.3 is 0 Å². The topological polar surface area (TPSA) is 63.0 Å². The van der Waals surface area contributed by atoms with E-state index < -0.39 is 23.3 Å². The summed E-state index contributed by atoms with van der Waals surface area (Å²) in [6.45, 7) is 5.76. The Kier molecular flexibility index (Phi) is 5.43. The van der Waals surface area contributed by atoms with Crippen LogP contribution in [-0.2, 0) is 12.1 Å². The average molecular weight is 324 g/mol. The Morgan fingerprint density at radius 3 is 2.65 bits per heavy atom. The molecule has 0 aliphatic heterocycles. The second-order valence-electron chi connectivity index (χ2n) is 5.84. The van der Waals surface area contributed by atoms with E-state index in [1.54, 1.807) is 6.92 Å². The lowest BCUT2D eigenvalue weighted by Crippen LogP contribution is -2.52. The van der Waals surface area contributed by atoms with Crippen LogP contribution in [0.3, 0.4) is 0 Å². The van der Waals surface area contributed by atoms with Gasteiger partial charge in [0.05, 0.1) is 6.54 Å². The van der Waals surface area contributed by atoms with Crippen LogP contribution in [0.1, 0.15) is 32.8 Å². The minimum atomic E-state index is -1.60. The summed E-state index contributed by atoms with van der Waals surface area (Å²) < 4.78 is 28.9. The van der Waals surface area contributed by atoms with Crippen LogP contribution < -0.4 is 5.32 Å². The fourth-order valence-electron chi connectivity index (χ4n) is 2.54. The molecule has 1 aromatic heterocycles. The zero-order chi connectivity index (χ0) is 17.0. The number of hydrogen-bond donors (Lipinski definition) is 2. The highest BCUT2D eigenvalue weighted by molar-refractivity contribution is 5.27. The van der Waals surface area contributed by atoms with E-state index >= 15 is 0 Å². The highest BCUT2D eigenvalue weighted by atomic mass is 19.1. The molecule has 126 valence electrons. The molecule has 5 nitrogen and oxygen atoms in total. The Balaban J connectivity index is 2.41. The van der Waals surface area contributed by atoms with E-state index in [0.29, 0.717) is 0 Å². The first kappa shape index (κ1) is 17.5. The van der Waals surface area contributed by atoms with Crippen molar-refractivity contribution in [3.63, 3.8) is 0 Å². The monoisotopic (exact) mass is 324 g/mol. The first-order valence-corrected chi connectivity index (χ1v) is 7.63. The molecule has 3 atom stereocenters. The minimum Gasteiger partial charge on any atom is -0.381 e. The number of nitrogens with zero attached hydrogens (tertiary/aromatic N) is 3. The third-order valence-electron chi connectivity index (χ3n) is 4.13. The van der Waals surface area contributed by atoms with E-state index in [1.807, 2.05) is 13.8 Å². The zero-order valence-corrected chi connectivity index (χ0v) is 13.5. The molecular formula is C16H22F2N4O. The van der Waals surface area contributed by atoms with Crippen molar-refractivity contribution in [1.82, 2.24) is 20.1 Å². The Hall–Kier alpha value is -1.86. The van der Waals surface area contributed by atoms with Crippen molar-refractivity contribution in [2.75, 3.05) is 0 Å². The number of hydrogen-bond acceptors (Lipinski definition) is 4. The van der Waals surface area contributed by atoms with Crippen molar-refractivity contribution in [2.45, 2.75) is 51.4 Å². The lowest BCUT2D eigenvalue weighted by atomic mass is 9.86. The van der Waals surface area contributed by atoms with Crippen LogP contribution in [0.2, 0.25) is 0 Å². The predicted molar refractivity (Wildman–Crippen MR) is 82.6 cm³/mol. The third-order valence-corrected chi connectivity index (χ3v) is 4.13. The molecule has 2 aromatic rings. The maximum absolute atomic E-state index is 14.3. The van der Waals surface area contributed by atoms with Gasteiger partial charge in [-0.1, -0.05) is 13.0 Å². The highest BCUT2D eigenvalue weighted by Gasteiger charge is 2.39. The molecule has 0 spiro atoms. The molecule has 3 unspecified atom stereocenters.